The van der Waals surface area contributed by atoms with Crippen molar-refractivity contribution in [3.63, 3.8) is 0 Å². The molecule has 0 aliphatic carbocycles. The summed E-state index contributed by atoms with van der Waals surface area (Å²) in [6, 6.07) is 12.8. The van der Waals surface area contributed by atoms with Gasteiger partial charge in [-0.05, 0) is 36.8 Å². The van der Waals surface area contributed by atoms with Gasteiger partial charge in [-0.15, -0.1) is 0 Å². The number of hydrogen-bond acceptors (Lipinski definition) is 5. The van der Waals surface area contributed by atoms with Gasteiger partial charge in [-0.25, -0.2) is 18.3 Å². The third-order valence-electron chi connectivity index (χ3n) is 6.69. The van der Waals surface area contributed by atoms with Crippen LogP contribution in [0.2, 0.25) is 0 Å². The van der Waals surface area contributed by atoms with Gasteiger partial charge in [0, 0.05) is 51.8 Å². The largest absolute Gasteiger partial charge is 0.384 e. The van der Waals surface area contributed by atoms with Crippen molar-refractivity contribution in [1.82, 2.24) is 20.0 Å². The number of methoxy groups -OCH3 is 2. The Hall–Kier alpha value is -3.34. The average molecular weight is 514 g/mol. The molecule has 1 aliphatic rings. The van der Waals surface area contributed by atoms with Crippen molar-refractivity contribution >= 4 is 11.8 Å². The van der Waals surface area contributed by atoms with Gasteiger partial charge < -0.3 is 14.8 Å². The Morgan fingerprint density at radius 3 is 2.51 bits per heavy atom. The van der Waals surface area contributed by atoms with Gasteiger partial charge in [-0.3, -0.25) is 10.2 Å². The molecule has 1 aliphatic heterocycles. The first kappa shape index (κ1) is 26.7. The fourth-order valence-electron chi connectivity index (χ4n) is 4.71. The van der Waals surface area contributed by atoms with Gasteiger partial charge in [-0.2, -0.15) is 5.10 Å². The number of urea groups is 1. The minimum absolute atomic E-state index is 0.213. The predicted molar refractivity (Wildman–Crippen MR) is 137 cm³/mol. The van der Waals surface area contributed by atoms with Crippen LogP contribution in [0.25, 0.3) is 5.69 Å². The molecule has 1 fully saturated rings. The summed E-state index contributed by atoms with van der Waals surface area (Å²) in [4.78, 5) is 15.4. The van der Waals surface area contributed by atoms with Gasteiger partial charge in [0.25, 0.3) is 0 Å². The number of carbonyl (C=O) groups excluding carboxylic acids is 1. The van der Waals surface area contributed by atoms with Gasteiger partial charge in [-0.1, -0.05) is 24.3 Å². The molecule has 0 radical (unpaired) electrons. The average Bonchev–Trinajstić information content (AvgIpc) is 3.44. The van der Waals surface area contributed by atoms with E-state index in [-0.39, 0.29) is 12.0 Å². The van der Waals surface area contributed by atoms with Gasteiger partial charge in [0.2, 0.25) is 0 Å². The molecule has 2 aromatic carbocycles. The predicted octanol–water partition coefficient (Wildman–Crippen LogP) is 3.88. The van der Waals surface area contributed by atoms with Gasteiger partial charge in [0.1, 0.15) is 5.82 Å². The summed E-state index contributed by atoms with van der Waals surface area (Å²) in [5.74, 6) is -1.44. The lowest BCUT2D eigenvalue weighted by atomic mass is 9.94. The van der Waals surface area contributed by atoms with Crippen molar-refractivity contribution in [3.8, 4) is 5.69 Å². The number of benzene rings is 2. The Morgan fingerprint density at radius 1 is 1.05 bits per heavy atom. The number of nitrogens with one attached hydrogen (secondary N) is 2. The van der Waals surface area contributed by atoms with Crippen molar-refractivity contribution in [2.75, 3.05) is 52.4 Å². The third-order valence-corrected chi connectivity index (χ3v) is 6.69. The first-order valence-electron chi connectivity index (χ1n) is 12.3. The number of rotatable bonds is 10. The second kappa shape index (κ2) is 12.3. The molecule has 10 heteroatoms. The Labute approximate surface area is 215 Å². The van der Waals surface area contributed by atoms with E-state index in [1.807, 2.05) is 37.3 Å². The Morgan fingerprint density at radius 2 is 1.81 bits per heavy atom. The number of amides is 2. The van der Waals surface area contributed by atoms with Crippen LogP contribution in [0.1, 0.15) is 22.7 Å². The minimum atomic E-state index is -0.901. The molecule has 2 unspecified atom stereocenters. The van der Waals surface area contributed by atoms with E-state index in [0.29, 0.717) is 50.7 Å². The zero-order chi connectivity index (χ0) is 26.4. The molecule has 2 heterocycles. The fraction of sp³-hybridized carbons (Fsp3) is 0.407. The van der Waals surface area contributed by atoms with Crippen LogP contribution in [0.5, 0.6) is 0 Å². The maximum absolute atomic E-state index is 14.0. The highest BCUT2D eigenvalue weighted by Gasteiger charge is 2.35. The van der Waals surface area contributed by atoms with E-state index in [2.05, 4.69) is 15.5 Å². The van der Waals surface area contributed by atoms with E-state index in [1.165, 1.54) is 6.07 Å². The van der Waals surface area contributed by atoms with E-state index in [0.717, 1.165) is 23.0 Å². The van der Waals surface area contributed by atoms with Crippen LogP contribution in [-0.4, -0.2) is 73.8 Å². The van der Waals surface area contributed by atoms with Gasteiger partial charge in [0.15, 0.2) is 11.6 Å². The summed E-state index contributed by atoms with van der Waals surface area (Å²) < 4.78 is 39.7. The number of nitrogens with zero attached hydrogens (tertiary/aromatic N) is 3. The van der Waals surface area contributed by atoms with Crippen LogP contribution in [0.15, 0.2) is 48.5 Å². The smallest absolute Gasteiger partial charge is 0.320 e. The Bertz CT molecular complexity index is 1200. The Balaban J connectivity index is 1.56. The second-order valence-electron chi connectivity index (χ2n) is 9.15. The first-order valence-corrected chi connectivity index (χ1v) is 12.3. The molecular formula is C27H33F2N5O3. The highest BCUT2D eigenvalue weighted by molar-refractivity contribution is 5.90. The molecule has 0 spiro atoms. The summed E-state index contributed by atoms with van der Waals surface area (Å²) in [5, 5.41) is 10.8. The molecule has 0 saturated carbocycles. The van der Waals surface area contributed by atoms with Crippen LogP contribution in [0, 0.1) is 18.6 Å². The molecule has 8 nitrogen and oxygen atoms in total. The number of anilines is 1. The van der Waals surface area contributed by atoms with Crippen molar-refractivity contribution < 1.29 is 23.0 Å². The number of carbonyl (C=O) groups is 1. The molecule has 3 aromatic rings. The number of para-hydroxylation sites is 1. The maximum atomic E-state index is 14.0. The summed E-state index contributed by atoms with van der Waals surface area (Å²) in [6.07, 6.45) is 0.605. The molecule has 1 saturated heterocycles. The fourth-order valence-corrected chi connectivity index (χ4v) is 4.71. The third kappa shape index (κ3) is 6.33. The van der Waals surface area contributed by atoms with Crippen molar-refractivity contribution in [2.24, 2.45) is 0 Å². The molecule has 2 amide bonds. The summed E-state index contributed by atoms with van der Waals surface area (Å²) in [5.41, 5.74) is 3.13. The lowest BCUT2D eigenvalue weighted by Gasteiger charge is -2.21. The SMILES string of the molecule is COCCc1nn(-c2ccccc2)c(NC(=O)NC2CN(CCOC)CC2c2ccc(F)c(F)c2)c1C. The normalized spacial score (nSPS) is 17.8. The van der Waals surface area contributed by atoms with Crippen molar-refractivity contribution in [3.05, 3.63) is 77.0 Å². The second-order valence-corrected chi connectivity index (χ2v) is 9.15. The van der Waals surface area contributed by atoms with E-state index < -0.39 is 17.7 Å². The molecule has 1 aromatic heterocycles. The number of halogens is 2. The highest BCUT2D eigenvalue weighted by Crippen LogP contribution is 2.29. The number of likely N-dealkylation sites (tertiary alicyclic amines) is 1. The standard InChI is InChI=1S/C27H33F2N5O3/c1-18-24(11-13-36-2)32-34(20-7-5-4-6-8-20)26(18)31-27(35)30-25-17-33(12-14-37-3)16-21(25)19-9-10-22(28)23(29)15-19/h4-10,15,21,25H,11-14,16-17H2,1-3H3,(H2,30,31,35). The highest BCUT2D eigenvalue weighted by atomic mass is 19.2. The number of aromatic nitrogens is 2. The van der Waals surface area contributed by atoms with E-state index in [1.54, 1.807) is 25.0 Å². The zero-order valence-corrected chi connectivity index (χ0v) is 21.3. The quantitative estimate of drug-likeness (QED) is 0.430. The summed E-state index contributed by atoms with van der Waals surface area (Å²) >= 11 is 0. The monoisotopic (exact) mass is 513 g/mol. The van der Waals surface area contributed by atoms with Crippen molar-refractivity contribution in [2.45, 2.75) is 25.3 Å². The van der Waals surface area contributed by atoms with Crippen molar-refractivity contribution in [1.29, 1.82) is 0 Å². The van der Waals surface area contributed by atoms with Crippen LogP contribution < -0.4 is 10.6 Å². The molecule has 2 atom stereocenters. The Kier molecular flexibility index (Phi) is 8.86. The summed E-state index contributed by atoms with van der Waals surface area (Å²) in [6.45, 7) is 4.76. The zero-order valence-electron chi connectivity index (χ0n) is 21.3. The molecule has 2 N–H and O–H groups in total. The minimum Gasteiger partial charge on any atom is -0.384 e. The molecule has 198 valence electrons. The van der Waals surface area contributed by atoms with E-state index >= 15 is 0 Å². The van der Waals surface area contributed by atoms with Crippen LogP contribution in [-0.2, 0) is 15.9 Å². The van der Waals surface area contributed by atoms with E-state index in [9.17, 15) is 13.6 Å². The first-order chi connectivity index (χ1) is 17.9. The van der Waals surface area contributed by atoms with Crippen LogP contribution >= 0.6 is 0 Å². The van der Waals surface area contributed by atoms with Gasteiger partial charge in [0.05, 0.1) is 30.6 Å². The summed E-state index contributed by atoms with van der Waals surface area (Å²) in [7, 11) is 3.27. The molecule has 37 heavy (non-hydrogen) atoms. The molecule has 4 rings (SSSR count). The topological polar surface area (TPSA) is 80.6 Å². The lowest BCUT2D eigenvalue weighted by Crippen LogP contribution is -2.42. The number of ether oxygens (including phenoxy) is 2. The van der Waals surface area contributed by atoms with E-state index in [4.69, 9.17) is 14.6 Å². The lowest BCUT2D eigenvalue weighted by molar-refractivity contribution is 0.159. The van der Waals surface area contributed by atoms with Crippen LogP contribution in [0.4, 0.5) is 19.4 Å². The number of hydrogen-bond donors (Lipinski definition) is 2. The molecule has 0 bridgehead atoms. The maximum Gasteiger partial charge on any atom is 0.320 e. The van der Waals surface area contributed by atoms with Crippen LogP contribution in [0.3, 0.4) is 0 Å². The molecular weight excluding hydrogens is 480 g/mol. The van der Waals surface area contributed by atoms with Gasteiger partial charge >= 0.3 is 6.03 Å².